The number of hydrogen-bond acceptors (Lipinski definition) is 3. The fraction of sp³-hybridized carbons (Fsp3) is 0.0714. The Kier molecular flexibility index (Phi) is 3.53. The van der Waals surface area contributed by atoms with Crippen molar-refractivity contribution in [2.75, 3.05) is 7.11 Å². The molecule has 0 unspecified atom stereocenters. The van der Waals surface area contributed by atoms with Crippen molar-refractivity contribution in [1.82, 2.24) is 0 Å². The van der Waals surface area contributed by atoms with Gasteiger partial charge in [0.15, 0.2) is 0 Å². The van der Waals surface area contributed by atoms with Crippen molar-refractivity contribution in [3.8, 4) is 16.9 Å². The zero-order chi connectivity index (χ0) is 13.1. The van der Waals surface area contributed by atoms with Crippen molar-refractivity contribution in [2.24, 2.45) is 0 Å². The standard InChI is InChI=1S/C14H11ClO3/c1-18-14(17)12-8-10(5-6-13(12)15)9-3-2-4-11(16)7-9/h2-8,16H,1H3. The van der Waals surface area contributed by atoms with Gasteiger partial charge >= 0.3 is 5.97 Å². The molecule has 0 amide bonds. The number of phenols is 1. The average Bonchev–Trinajstić information content (AvgIpc) is 2.38. The van der Waals surface area contributed by atoms with Crippen molar-refractivity contribution >= 4 is 17.6 Å². The maximum atomic E-state index is 11.5. The van der Waals surface area contributed by atoms with Crippen LogP contribution < -0.4 is 0 Å². The molecule has 0 spiro atoms. The first-order valence-corrected chi connectivity index (χ1v) is 5.67. The average molecular weight is 263 g/mol. The van der Waals surface area contributed by atoms with E-state index in [1.165, 1.54) is 7.11 Å². The van der Waals surface area contributed by atoms with E-state index in [2.05, 4.69) is 4.74 Å². The monoisotopic (exact) mass is 262 g/mol. The summed E-state index contributed by atoms with van der Waals surface area (Å²) in [5.74, 6) is -0.316. The van der Waals surface area contributed by atoms with Crippen molar-refractivity contribution in [3.05, 3.63) is 53.1 Å². The molecule has 0 heterocycles. The normalized spacial score (nSPS) is 10.1. The third-order valence-corrected chi connectivity index (χ3v) is 2.88. The van der Waals surface area contributed by atoms with Crippen LogP contribution in [0.1, 0.15) is 10.4 Å². The molecule has 0 saturated carbocycles. The van der Waals surface area contributed by atoms with Gasteiger partial charge in [-0.2, -0.15) is 0 Å². The predicted molar refractivity (Wildman–Crippen MR) is 69.9 cm³/mol. The molecule has 92 valence electrons. The maximum absolute atomic E-state index is 11.5. The summed E-state index contributed by atoms with van der Waals surface area (Å²) in [7, 11) is 1.31. The van der Waals surface area contributed by atoms with Gasteiger partial charge in [-0.05, 0) is 35.4 Å². The Hall–Kier alpha value is -2.00. The number of carbonyl (C=O) groups is 1. The first kappa shape index (κ1) is 12.5. The van der Waals surface area contributed by atoms with Gasteiger partial charge in [0.25, 0.3) is 0 Å². The van der Waals surface area contributed by atoms with Gasteiger partial charge in [0.2, 0.25) is 0 Å². The minimum Gasteiger partial charge on any atom is -0.508 e. The molecule has 0 aliphatic rings. The van der Waals surface area contributed by atoms with E-state index in [-0.39, 0.29) is 5.75 Å². The van der Waals surface area contributed by atoms with Gasteiger partial charge in [0.05, 0.1) is 17.7 Å². The van der Waals surface area contributed by atoms with Crippen LogP contribution in [-0.4, -0.2) is 18.2 Å². The number of esters is 1. The van der Waals surface area contributed by atoms with Crippen molar-refractivity contribution in [3.63, 3.8) is 0 Å². The van der Waals surface area contributed by atoms with Crippen LogP contribution in [0.15, 0.2) is 42.5 Å². The van der Waals surface area contributed by atoms with Gasteiger partial charge in [-0.3, -0.25) is 0 Å². The lowest BCUT2D eigenvalue weighted by atomic mass is 10.0. The second kappa shape index (κ2) is 5.10. The van der Waals surface area contributed by atoms with Gasteiger partial charge in [-0.1, -0.05) is 29.8 Å². The number of halogens is 1. The van der Waals surface area contributed by atoms with Crippen molar-refractivity contribution < 1.29 is 14.6 Å². The number of carbonyl (C=O) groups excluding carboxylic acids is 1. The highest BCUT2D eigenvalue weighted by molar-refractivity contribution is 6.33. The summed E-state index contributed by atoms with van der Waals surface area (Å²) in [6.07, 6.45) is 0. The molecule has 4 heteroatoms. The quantitative estimate of drug-likeness (QED) is 0.843. The summed E-state index contributed by atoms with van der Waals surface area (Å²) in [5, 5.41) is 9.77. The van der Waals surface area contributed by atoms with E-state index in [1.54, 1.807) is 36.4 Å². The van der Waals surface area contributed by atoms with Gasteiger partial charge < -0.3 is 9.84 Å². The first-order valence-electron chi connectivity index (χ1n) is 5.29. The predicted octanol–water partition coefficient (Wildman–Crippen LogP) is 3.50. The number of rotatable bonds is 2. The molecule has 2 rings (SSSR count). The third-order valence-electron chi connectivity index (χ3n) is 2.55. The van der Waals surface area contributed by atoms with Gasteiger partial charge in [0, 0.05) is 0 Å². The molecule has 2 aromatic carbocycles. The highest BCUT2D eigenvalue weighted by atomic mass is 35.5. The topological polar surface area (TPSA) is 46.5 Å². The summed E-state index contributed by atoms with van der Waals surface area (Å²) in [5.41, 5.74) is 1.90. The summed E-state index contributed by atoms with van der Waals surface area (Å²) < 4.78 is 4.66. The summed E-state index contributed by atoms with van der Waals surface area (Å²) >= 11 is 5.94. The minimum absolute atomic E-state index is 0.169. The molecule has 18 heavy (non-hydrogen) atoms. The Labute approximate surface area is 110 Å². The van der Waals surface area contributed by atoms with Crippen molar-refractivity contribution in [2.45, 2.75) is 0 Å². The first-order chi connectivity index (χ1) is 8.61. The van der Waals surface area contributed by atoms with E-state index < -0.39 is 5.97 Å². The third kappa shape index (κ3) is 2.46. The largest absolute Gasteiger partial charge is 0.508 e. The Morgan fingerprint density at radius 3 is 2.56 bits per heavy atom. The number of phenolic OH excluding ortho intramolecular Hbond substituents is 1. The lowest BCUT2D eigenvalue weighted by Gasteiger charge is -2.06. The van der Waals surface area contributed by atoms with Crippen LogP contribution in [0, 0.1) is 0 Å². The molecule has 0 radical (unpaired) electrons. The van der Waals surface area contributed by atoms with Crippen LogP contribution in [0.3, 0.4) is 0 Å². The minimum atomic E-state index is -0.484. The van der Waals surface area contributed by atoms with Crippen LogP contribution >= 0.6 is 11.6 Å². The summed E-state index contributed by atoms with van der Waals surface area (Å²) in [6, 6.07) is 11.8. The fourth-order valence-corrected chi connectivity index (χ4v) is 1.85. The van der Waals surface area contributed by atoms with E-state index in [0.717, 1.165) is 11.1 Å². The molecule has 0 bridgehead atoms. The second-order valence-electron chi connectivity index (χ2n) is 3.74. The molecule has 3 nitrogen and oxygen atoms in total. The molecular weight excluding hydrogens is 252 g/mol. The molecule has 0 saturated heterocycles. The van der Waals surface area contributed by atoms with Gasteiger partial charge in [0.1, 0.15) is 5.75 Å². The van der Waals surface area contributed by atoms with Gasteiger partial charge in [-0.25, -0.2) is 4.79 Å². The summed E-state index contributed by atoms with van der Waals surface area (Å²) in [4.78, 5) is 11.5. The van der Waals surface area contributed by atoms with E-state index in [0.29, 0.717) is 10.6 Å². The smallest absolute Gasteiger partial charge is 0.339 e. The second-order valence-corrected chi connectivity index (χ2v) is 4.14. The lowest BCUT2D eigenvalue weighted by molar-refractivity contribution is 0.0601. The van der Waals surface area contributed by atoms with Crippen LogP contribution in [0.5, 0.6) is 5.75 Å². The Morgan fingerprint density at radius 2 is 1.89 bits per heavy atom. The Bertz CT molecular complexity index is 593. The number of methoxy groups -OCH3 is 1. The van der Waals surface area contributed by atoms with Crippen LogP contribution in [0.2, 0.25) is 5.02 Å². The molecule has 0 aliphatic carbocycles. The molecule has 0 aliphatic heterocycles. The molecular formula is C14H11ClO3. The number of hydrogen-bond donors (Lipinski definition) is 1. The molecule has 0 aromatic heterocycles. The van der Waals surface area contributed by atoms with E-state index >= 15 is 0 Å². The zero-order valence-electron chi connectivity index (χ0n) is 9.68. The number of ether oxygens (including phenoxy) is 1. The van der Waals surface area contributed by atoms with Crippen LogP contribution in [0.4, 0.5) is 0 Å². The Morgan fingerprint density at radius 1 is 1.17 bits per heavy atom. The van der Waals surface area contributed by atoms with Crippen LogP contribution in [0.25, 0.3) is 11.1 Å². The number of benzene rings is 2. The van der Waals surface area contributed by atoms with E-state index in [4.69, 9.17) is 11.6 Å². The zero-order valence-corrected chi connectivity index (χ0v) is 10.4. The van der Waals surface area contributed by atoms with Crippen molar-refractivity contribution in [1.29, 1.82) is 0 Å². The molecule has 1 N–H and O–H groups in total. The highest BCUT2D eigenvalue weighted by Crippen LogP contribution is 2.27. The Balaban J connectivity index is 2.50. The van der Waals surface area contributed by atoms with E-state index in [1.807, 2.05) is 6.07 Å². The van der Waals surface area contributed by atoms with E-state index in [9.17, 15) is 9.90 Å². The fourth-order valence-electron chi connectivity index (χ4n) is 1.66. The molecule has 2 aromatic rings. The maximum Gasteiger partial charge on any atom is 0.339 e. The van der Waals surface area contributed by atoms with Crippen LogP contribution in [-0.2, 0) is 4.74 Å². The highest BCUT2D eigenvalue weighted by Gasteiger charge is 2.12. The van der Waals surface area contributed by atoms with Gasteiger partial charge in [-0.15, -0.1) is 0 Å². The molecule has 0 atom stereocenters. The molecule has 0 fully saturated rings. The summed E-state index contributed by atoms with van der Waals surface area (Å²) in [6.45, 7) is 0. The lowest BCUT2D eigenvalue weighted by Crippen LogP contribution is -2.02. The number of aromatic hydroxyl groups is 1. The SMILES string of the molecule is COC(=O)c1cc(-c2cccc(O)c2)ccc1Cl.